The SMILES string of the molecule is COc1ccc(Cl)cc1NC(=O)CO/N=C\c1cccc([N+](=O)[O-])c1. The van der Waals surface area contributed by atoms with Crippen molar-refractivity contribution in [3.63, 3.8) is 0 Å². The number of nitrogens with one attached hydrogen (secondary N) is 1. The highest BCUT2D eigenvalue weighted by Crippen LogP contribution is 2.27. The molecule has 0 atom stereocenters. The summed E-state index contributed by atoms with van der Waals surface area (Å²) in [5.74, 6) is -0.00500. The quantitative estimate of drug-likeness (QED) is 0.462. The number of oxime groups is 1. The van der Waals surface area contributed by atoms with E-state index in [0.29, 0.717) is 22.0 Å². The molecule has 0 aromatic heterocycles. The number of non-ortho nitro benzene ring substituents is 1. The van der Waals surface area contributed by atoms with Crippen LogP contribution in [-0.4, -0.2) is 30.8 Å². The molecule has 0 heterocycles. The molecule has 130 valence electrons. The van der Waals surface area contributed by atoms with Crippen LogP contribution in [0.2, 0.25) is 5.02 Å². The Morgan fingerprint density at radius 2 is 2.16 bits per heavy atom. The second-order valence-electron chi connectivity index (χ2n) is 4.75. The van der Waals surface area contributed by atoms with Gasteiger partial charge in [0.25, 0.3) is 11.6 Å². The average molecular weight is 364 g/mol. The van der Waals surface area contributed by atoms with Crippen LogP contribution < -0.4 is 10.1 Å². The number of nitro groups is 1. The molecule has 0 aliphatic heterocycles. The Kier molecular flexibility index (Phi) is 6.30. The van der Waals surface area contributed by atoms with E-state index in [1.54, 1.807) is 24.3 Å². The lowest BCUT2D eigenvalue weighted by Crippen LogP contribution is -2.17. The summed E-state index contributed by atoms with van der Waals surface area (Å²) in [4.78, 5) is 26.9. The number of carbonyl (C=O) groups is 1. The van der Waals surface area contributed by atoms with Crippen molar-refractivity contribution in [1.82, 2.24) is 0 Å². The standard InChI is InChI=1S/C16H14ClN3O5/c1-24-15-6-5-12(17)8-14(15)19-16(21)10-25-18-9-11-3-2-4-13(7-11)20(22)23/h2-9H,10H2,1H3,(H,19,21)/b18-9-. The van der Waals surface area contributed by atoms with Crippen molar-refractivity contribution in [2.24, 2.45) is 5.16 Å². The van der Waals surface area contributed by atoms with E-state index in [0.717, 1.165) is 0 Å². The van der Waals surface area contributed by atoms with Gasteiger partial charge in [-0.15, -0.1) is 0 Å². The van der Waals surface area contributed by atoms with Crippen LogP contribution >= 0.6 is 11.6 Å². The zero-order valence-electron chi connectivity index (χ0n) is 13.1. The molecule has 0 fully saturated rings. The molecule has 2 aromatic rings. The highest BCUT2D eigenvalue weighted by atomic mass is 35.5. The lowest BCUT2D eigenvalue weighted by Gasteiger charge is -2.09. The Morgan fingerprint density at radius 3 is 2.88 bits per heavy atom. The second-order valence-corrected chi connectivity index (χ2v) is 5.19. The van der Waals surface area contributed by atoms with Gasteiger partial charge in [0.15, 0.2) is 6.61 Å². The highest BCUT2D eigenvalue weighted by Gasteiger charge is 2.09. The maximum Gasteiger partial charge on any atom is 0.270 e. The number of halogens is 1. The number of nitro benzene ring substituents is 1. The molecular formula is C16H14ClN3O5. The zero-order valence-corrected chi connectivity index (χ0v) is 13.9. The topological polar surface area (TPSA) is 103 Å². The molecule has 2 aromatic carbocycles. The molecule has 1 amide bonds. The number of nitrogens with zero attached hydrogens (tertiary/aromatic N) is 2. The predicted molar refractivity (Wildman–Crippen MR) is 93.3 cm³/mol. The number of ether oxygens (including phenoxy) is 1. The van der Waals surface area contributed by atoms with Gasteiger partial charge in [-0.25, -0.2) is 0 Å². The van der Waals surface area contributed by atoms with Gasteiger partial charge in [0, 0.05) is 22.7 Å². The van der Waals surface area contributed by atoms with Crippen molar-refractivity contribution in [3.8, 4) is 5.75 Å². The number of carbonyl (C=O) groups excluding carboxylic acids is 1. The summed E-state index contributed by atoms with van der Waals surface area (Å²) in [5, 5.41) is 17.3. The van der Waals surface area contributed by atoms with E-state index < -0.39 is 10.8 Å². The van der Waals surface area contributed by atoms with Gasteiger partial charge in [0.2, 0.25) is 0 Å². The van der Waals surface area contributed by atoms with Crippen LogP contribution in [0.3, 0.4) is 0 Å². The van der Waals surface area contributed by atoms with E-state index in [4.69, 9.17) is 21.2 Å². The van der Waals surface area contributed by atoms with Gasteiger partial charge in [0.1, 0.15) is 5.75 Å². The lowest BCUT2D eigenvalue weighted by atomic mass is 10.2. The van der Waals surface area contributed by atoms with Crippen molar-refractivity contribution in [2.45, 2.75) is 0 Å². The molecule has 0 spiro atoms. The Labute approximate surface area is 148 Å². The number of benzene rings is 2. The van der Waals surface area contributed by atoms with Crippen LogP contribution in [0.1, 0.15) is 5.56 Å². The highest BCUT2D eigenvalue weighted by molar-refractivity contribution is 6.31. The Morgan fingerprint density at radius 1 is 1.36 bits per heavy atom. The summed E-state index contributed by atoms with van der Waals surface area (Å²) in [6, 6.07) is 10.7. The van der Waals surface area contributed by atoms with E-state index in [9.17, 15) is 14.9 Å². The minimum atomic E-state index is -0.510. The molecule has 0 bridgehead atoms. The van der Waals surface area contributed by atoms with E-state index in [-0.39, 0.29) is 12.3 Å². The third kappa shape index (κ3) is 5.47. The van der Waals surface area contributed by atoms with Crippen LogP contribution in [-0.2, 0) is 9.63 Å². The fourth-order valence-electron chi connectivity index (χ4n) is 1.88. The summed E-state index contributed by atoms with van der Waals surface area (Å²) >= 11 is 5.88. The Balaban J connectivity index is 1.89. The minimum Gasteiger partial charge on any atom is -0.495 e. The number of anilines is 1. The van der Waals surface area contributed by atoms with Gasteiger partial charge >= 0.3 is 0 Å². The Hall–Kier alpha value is -3.13. The summed E-state index contributed by atoms with van der Waals surface area (Å²) < 4.78 is 5.12. The van der Waals surface area contributed by atoms with Crippen molar-refractivity contribution in [1.29, 1.82) is 0 Å². The van der Waals surface area contributed by atoms with Crippen molar-refractivity contribution in [3.05, 3.63) is 63.2 Å². The van der Waals surface area contributed by atoms with Crippen molar-refractivity contribution < 1.29 is 19.3 Å². The molecule has 0 saturated carbocycles. The molecule has 2 rings (SSSR count). The van der Waals surface area contributed by atoms with E-state index in [2.05, 4.69) is 10.5 Å². The van der Waals surface area contributed by atoms with E-state index in [1.165, 1.54) is 31.5 Å². The molecule has 8 nitrogen and oxygen atoms in total. The number of amides is 1. The first kappa shape index (κ1) is 18.2. The van der Waals surface area contributed by atoms with Crippen LogP contribution in [0.25, 0.3) is 0 Å². The van der Waals surface area contributed by atoms with Gasteiger partial charge in [-0.3, -0.25) is 14.9 Å². The normalized spacial score (nSPS) is 10.5. The van der Waals surface area contributed by atoms with Gasteiger partial charge < -0.3 is 14.9 Å². The van der Waals surface area contributed by atoms with Gasteiger partial charge in [-0.2, -0.15) is 0 Å². The fourth-order valence-corrected chi connectivity index (χ4v) is 2.05. The molecule has 0 aliphatic carbocycles. The largest absolute Gasteiger partial charge is 0.495 e. The van der Waals surface area contributed by atoms with Crippen LogP contribution in [0.5, 0.6) is 5.75 Å². The molecule has 0 radical (unpaired) electrons. The molecule has 25 heavy (non-hydrogen) atoms. The van der Waals surface area contributed by atoms with Crippen molar-refractivity contribution >= 4 is 35.1 Å². The molecular weight excluding hydrogens is 350 g/mol. The predicted octanol–water partition coefficient (Wildman–Crippen LogP) is 3.25. The minimum absolute atomic E-state index is 0.0604. The Bertz CT molecular complexity index is 810. The van der Waals surface area contributed by atoms with Crippen molar-refractivity contribution in [2.75, 3.05) is 19.0 Å². The first-order chi connectivity index (χ1) is 12.0. The summed E-state index contributed by atoms with van der Waals surface area (Å²) in [6.45, 7) is -0.346. The smallest absolute Gasteiger partial charge is 0.270 e. The maximum absolute atomic E-state index is 11.8. The van der Waals surface area contributed by atoms with Crippen LogP contribution in [0.15, 0.2) is 47.6 Å². The molecule has 0 unspecified atom stereocenters. The maximum atomic E-state index is 11.8. The summed E-state index contributed by atoms with van der Waals surface area (Å²) in [6.07, 6.45) is 1.28. The summed E-state index contributed by atoms with van der Waals surface area (Å²) in [7, 11) is 1.47. The lowest BCUT2D eigenvalue weighted by molar-refractivity contribution is -0.384. The summed E-state index contributed by atoms with van der Waals surface area (Å²) in [5.41, 5.74) is 0.826. The zero-order chi connectivity index (χ0) is 18.2. The molecule has 1 N–H and O–H groups in total. The first-order valence-electron chi connectivity index (χ1n) is 7.03. The van der Waals surface area contributed by atoms with Gasteiger partial charge in [-0.1, -0.05) is 28.9 Å². The number of hydrogen-bond donors (Lipinski definition) is 1. The van der Waals surface area contributed by atoms with Crippen LogP contribution in [0, 0.1) is 10.1 Å². The van der Waals surface area contributed by atoms with E-state index in [1.807, 2.05) is 0 Å². The van der Waals surface area contributed by atoms with Crippen LogP contribution in [0.4, 0.5) is 11.4 Å². The third-order valence-corrected chi connectivity index (χ3v) is 3.22. The number of hydrogen-bond acceptors (Lipinski definition) is 6. The van der Waals surface area contributed by atoms with Gasteiger partial charge in [-0.05, 0) is 18.2 Å². The third-order valence-electron chi connectivity index (χ3n) is 2.99. The fraction of sp³-hybridized carbons (Fsp3) is 0.125. The number of methoxy groups -OCH3 is 1. The monoisotopic (exact) mass is 363 g/mol. The molecule has 0 aliphatic rings. The average Bonchev–Trinajstić information content (AvgIpc) is 2.59. The number of rotatable bonds is 7. The molecule has 9 heteroatoms. The first-order valence-corrected chi connectivity index (χ1v) is 7.40. The second kappa shape index (κ2) is 8.65. The van der Waals surface area contributed by atoms with Gasteiger partial charge in [0.05, 0.1) is 23.9 Å². The molecule has 0 saturated heterocycles. The van der Waals surface area contributed by atoms with E-state index >= 15 is 0 Å².